The molecule has 1 unspecified atom stereocenters. The normalized spacial score (nSPS) is 11.9. The Morgan fingerprint density at radius 1 is 1.10 bits per heavy atom. The van der Waals surface area contributed by atoms with E-state index in [4.69, 9.17) is 4.74 Å². The lowest BCUT2D eigenvalue weighted by Crippen LogP contribution is -2.24. The number of aromatic carboxylic acids is 1. The molecule has 0 saturated carbocycles. The van der Waals surface area contributed by atoms with Crippen molar-refractivity contribution in [1.29, 1.82) is 0 Å². The number of fused-ring (bicyclic) bond motifs is 1. The highest BCUT2D eigenvalue weighted by Crippen LogP contribution is 2.27. The van der Waals surface area contributed by atoms with Crippen molar-refractivity contribution >= 4 is 34.4 Å². The third-order valence-corrected chi connectivity index (χ3v) is 6.75. The fraction of sp³-hybridized carbons (Fsp3) is 0.333. The van der Waals surface area contributed by atoms with Gasteiger partial charge in [0, 0.05) is 35.4 Å². The van der Waals surface area contributed by atoms with Crippen molar-refractivity contribution in [2.45, 2.75) is 59.5 Å². The van der Waals surface area contributed by atoms with E-state index >= 15 is 0 Å². The van der Waals surface area contributed by atoms with Crippen molar-refractivity contribution in [2.75, 3.05) is 11.9 Å². The van der Waals surface area contributed by atoms with Crippen molar-refractivity contribution in [3.8, 4) is 0 Å². The maximum atomic E-state index is 13.5. The maximum Gasteiger partial charge on any atom is 0.335 e. The van der Waals surface area contributed by atoms with Crippen molar-refractivity contribution < 1.29 is 24.2 Å². The predicted molar refractivity (Wildman–Crippen MR) is 149 cm³/mol. The summed E-state index contributed by atoms with van der Waals surface area (Å²) in [6, 6.07) is 10.3. The Morgan fingerprint density at radius 3 is 2.59 bits per heavy atom. The molecule has 2 N–H and O–H groups in total. The largest absolute Gasteiger partial charge is 0.478 e. The Labute approximate surface area is 227 Å². The molecule has 2 heterocycles. The van der Waals surface area contributed by atoms with Crippen LogP contribution in [0.3, 0.4) is 0 Å². The minimum absolute atomic E-state index is 0.201. The summed E-state index contributed by atoms with van der Waals surface area (Å²) in [6.07, 6.45) is 7.14. The van der Waals surface area contributed by atoms with Gasteiger partial charge < -0.3 is 19.7 Å². The Bertz CT molecular complexity index is 1520. The van der Waals surface area contributed by atoms with Gasteiger partial charge in [0.1, 0.15) is 6.04 Å². The standard InChI is InChI=1S/C30H34N4O5/c1-5-39-28(35)8-6-7-23-10-9-22(18-33-16-19(2)15-31-33)13-26(23)32-29(36)21(4)34-17-20(3)25-14-24(30(37)38)11-12-27(25)34/h9-17,21H,5-8,18H2,1-4H3,(H,32,36)(H,37,38). The van der Waals surface area contributed by atoms with Crippen LogP contribution in [-0.2, 0) is 27.3 Å². The average molecular weight is 531 g/mol. The number of amides is 1. The van der Waals surface area contributed by atoms with Gasteiger partial charge in [-0.05, 0) is 87.1 Å². The number of rotatable bonds is 11. The molecule has 204 valence electrons. The number of ether oxygens (including phenoxy) is 1. The molecule has 0 spiro atoms. The second kappa shape index (κ2) is 12.0. The Kier molecular flexibility index (Phi) is 8.49. The fourth-order valence-corrected chi connectivity index (χ4v) is 4.69. The van der Waals surface area contributed by atoms with E-state index < -0.39 is 12.0 Å². The quantitative estimate of drug-likeness (QED) is 0.255. The highest BCUT2D eigenvalue weighted by molar-refractivity contribution is 5.98. The zero-order valence-corrected chi connectivity index (χ0v) is 22.7. The van der Waals surface area contributed by atoms with Gasteiger partial charge in [0.15, 0.2) is 0 Å². The van der Waals surface area contributed by atoms with E-state index in [1.807, 2.05) is 60.6 Å². The fourth-order valence-electron chi connectivity index (χ4n) is 4.69. The molecule has 2 aromatic carbocycles. The Morgan fingerprint density at radius 2 is 1.90 bits per heavy atom. The molecule has 2 aromatic heterocycles. The number of benzene rings is 2. The van der Waals surface area contributed by atoms with Crippen LogP contribution in [0.4, 0.5) is 5.69 Å². The molecule has 1 amide bonds. The molecule has 0 aliphatic rings. The number of esters is 1. The molecule has 9 nitrogen and oxygen atoms in total. The number of carbonyl (C=O) groups is 3. The second-order valence-corrected chi connectivity index (χ2v) is 9.79. The van der Waals surface area contributed by atoms with Crippen LogP contribution in [0.1, 0.15) is 65.3 Å². The van der Waals surface area contributed by atoms with Gasteiger partial charge in [0.05, 0.1) is 24.9 Å². The van der Waals surface area contributed by atoms with E-state index in [1.165, 1.54) is 0 Å². The molecule has 0 aliphatic carbocycles. The highest BCUT2D eigenvalue weighted by Gasteiger charge is 2.20. The Balaban J connectivity index is 1.58. The number of aromatic nitrogens is 3. The summed E-state index contributed by atoms with van der Waals surface area (Å²) in [5.41, 5.74) is 5.56. The van der Waals surface area contributed by atoms with Crippen LogP contribution in [0.5, 0.6) is 0 Å². The molecule has 4 rings (SSSR count). The molecule has 39 heavy (non-hydrogen) atoms. The molecular formula is C30H34N4O5. The number of anilines is 1. The number of hydrogen-bond acceptors (Lipinski definition) is 5. The second-order valence-electron chi connectivity index (χ2n) is 9.79. The summed E-state index contributed by atoms with van der Waals surface area (Å²) >= 11 is 0. The van der Waals surface area contributed by atoms with Gasteiger partial charge in [-0.3, -0.25) is 14.3 Å². The van der Waals surface area contributed by atoms with Crippen molar-refractivity contribution in [3.05, 3.63) is 82.8 Å². The molecule has 0 fully saturated rings. The van der Waals surface area contributed by atoms with E-state index in [-0.39, 0.29) is 17.4 Å². The van der Waals surface area contributed by atoms with Crippen molar-refractivity contribution in [2.24, 2.45) is 0 Å². The number of carboxylic acid groups (broad SMARTS) is 1. The lowest BCUT2D eigenvalue weighted by atomic mass is 10.0. The molecule has 4 aromatic rings. The van der Waals surface area contributed by atoms with Gasteiger partial charge in [-0.2, -0.15) is 5.10 Å². The third-order valence-electron chi connectivity index (χ3n) is 6.75. The van der Waals surface area contributed by atoms with E-state index in [0.717, 1.165) is 33.2 Å². The lowest BCUT2D eigenvalue weighted by molar-refractivity contribution is -0.143. The summed E-state index contributed by atoms with van der Waals surface area (Å²) in [5, 5.41) is 17.6. The van der Waals surface area contributed by atoms with Crippen molar-refractivity contribution in [3.63, 3.8) is 0 Å². The minimum Gasteiger partial charge on any atom is -0.478 e. The summed E-state index contributed by atoms with van der Waals surface area (Å²) in [4.78, 5) is 36.8. The summed E-state index contributed by atoms with van der Waals surface area (Å²) in [6.45, 7) is 8.40. The zero-order chi connectivity index (χ0) is 28.1. The number of hydrogen-bond donors (Lipinski definition) is 2. The number of carbonyl (C=O) groups excluding carboxylic acids is 2. The van der Waals surface area contributed by atoms with Crippen LogP contribution in [0.2, 0.25) is 0 Å². The smallest absolute Gasteiger partial charge is 0.335 e. The van der Waals surface area contributed by atoms with Crippen LogP contribution < -0.4 is 5.32 Å². The molecule has 1 atom stereocenters. The van der Waals surface area contributed by atoms with E-state index in [0.29, 0.717) is 38.1 Å². The first-order chi connectivity index (χ1) is 18.7. The monoisotopic (exact) mass is 530 g/mol. The number of carboxylic acids is 1. The first kappa shape index (κ1) is 27.6. The first-order valence-electron chi connectivity index (χ1n) is 13.1. The van der Waals surface area contributed by atoms with Crippen LogP contribution in [0.25, 0.3) is 10.9 Å². The molecule has 0 bridgehead atoms. The van der Waals surface area contributed by atoms with Gasteiger partial charge in [0.25, 0.3) is 0 Å². The molecule has 0 aliphatic heterocycles. The van der Waals surface area contributed by atoms with Gasteiger partial charge in [-0.15, -0.1) is 0 Å². The molecular weight excluding hydrogens is 496 g/mol. The number of nitrogens with zero attached hydrogens (tertiary/aromatic N) is 3. The van der Waals surface area contributed by atoms with E-state index in [9.17, 15) is 19.5 Å². The maximum absolute atomic E-state index is 13.5. The van der Waals surface area contributed by atoms with Crippen LogP contribution in [-0.4, -0.2) is 43.9 Å². The van der Waals surface area contributed by atoms with Gasteiger partial charge in [-0.25, -0.2) is 4.79 Å². The molecule has 0 saturated heterocycles. The Hall–Kier alpha value is -4.40. The highest BCUT2D eigenvalue weighted by atomic mass is 16.5. The molecule has 9 heteroatoms. The van der Waals surface area contributed by atoms with Crippen LogP contribution in [0.15, 0.2) is 55.0 Å². The predicted octanol–water partition coefficient (Wildman–Crippen LogP) is 5.29. The zero-order valence-electron chi connectivity index (χ0n) is 22.7. The SMILES string of the molecule is CCOC(=O)CCCc1ccc(Cn2cc(C)cn2)cc1NC(=O)C(C)n1cc(C)c2cc(C(=O)O)ccc21. The topological polar surface area (TPSA) is 115 Å². The van der Waals surface area contributed by atoms with Gasteiger partial charge in [-0.1, -0.05) is 12.1 Å². The first-order valence-corrected chi connectivity index (χ1v) is 13.1. The van der Waals surface area contributed by atoms with Crippen LogP contribution >= 0.6 is 0 Å². The summed E-state index contributed by atoms with van der Waals surface area (Å²) in [7, 11) is 0. The third kappa shape index (κ3) is 6.54. The summed E-state index contributed by atoms with van der Waals surface area (Å²) < 4.78 is 8.76. The number of nitrogens with one attached hydrogen (secondary N) is 1. The van der Waals surface area contributed by atoms with E-state index in [2.05, 4.69) is 10.4 Å². The van der Waals surface area contributed by atoms with Crippen LogP contribution in [0, 0.1) is 13.8 Å². The number of aryl methyl sites for hydroxylation is 3. The van der Waals surface area contributed by atoms with Crippen molar-refractivity contribution in [1.82, 2.24) is 14.3 Å². The van der Waals surface area contributed by atoms with Gasteiger partial charge in [0.2, 0.25) is 5.91 Å². The van der Waals surface area contributed by atoms with E-state index in [1.54, 1.807) is 31.3 Å². The summed E-state index contributed by atoms with van der Waals surface area (Å²) in [5.74, 6) is -1.42. The minimum atomic E-state index is -0.990. The average Bonchev–Trinajstić information content (AvgIpc) is 3.46. The molecule has 0 radical (unpaired) electrons. The lowest BCUT2D eigenvalue weighted by Gasteiger charge is -2.18. The van der Waals surface area contributed by atoms with Gasteiger partial charge >= 0.3 is 11.9 Å².